The van der Waals surface area contributed by atoms with Gasteiger partial charge in [0.15, 0.2) is 5.96 Å². The van der Waals surface area contributed by atoms with Crippen LogP contribution in [0.15, 0.2) is 64.5 Å². The smallest absolute Gasteiger partial charge is 0.240 e. The van der Waals surface area contributed by atoms with E-state index in [-0.39, 0.29) is 30.0 Å². The largest absolute Gasteiger partial charge is 0.352 e. The van der Waals surface area contributed by atoms with Crippen LogP contribution in [0.3, 0.4) is 0 Å². The van der Waals surface area contributed by atoms with Gasteiger partial charge in [0.1, 0.15) is 0 Å². The summed E-state index contributed by atoms with van der Waals surface area (Å²) in [5.41, 5.74) is 2.16. The summed E-state index contributed by atoms with van der Waals surface area (Å²) in [6.07, 6.45) is 1.85. The van der Waals surface area contributed by atoms with Crippen LogP contribution in [-0.4, -0.2) is 27.5 Å². The lowest BCUT2D eigenvalue weighted by atomic mass is 10.2. The van der Waals surface area contributed by atoms with Crippen LogP contribution < -0.4 is 15.4 Å². The Morgan fingerprint density at radius 3 is 2.04 bits per heavy atom. The molecule has 1 aliphatic carbocycles. The minimum absolute atomic E-state index is 0. The van der Waals surface area contributed by atoms with Gasteiger partial charge >= 0.3 is 0 Å². The first-order chi connectivity index (χ1) is 12.6. The molecule has 0 heterocycles. The van der Waals surface area contributed by atoms with Gasteiger partial charge in [0.2, 0.25) is 10.0 Å². The van der Waals surface area contributed by atoms with Crippen molar-refractivity contribution in [3.8, 4) is 0 Å². The van der Waals surface area contributed by atoms with Crippen LogP contribution in [0.5, 0.6) is 0 Å². The molecule has 1 aliphatic rings. The molecule has 1 fully saturated rings. The maximum absolute atomic E-state index is 12.2. The zero-order chi connectivity index (χ0) is 18.4. The Kier molecular flexibility index (Phi) is 8.06. The molecule has 0 spiro atoms. The van der Waals surface area contributed by atoms with Gasteiger partial charge in [-0.2, -0.15) is 0 Å². The number of aliphatic imine (C=N–C) groups is 1. The Morgan fingerprint density at radius 2 is 1.52 bits per heavy atom. The van der Waals surface area contributed by atoms with Crippen molar-refractivity contribution in [2.75, 3.05) is 7.05 Å². The van der Waals surface area contributed by atoms with Gasteiger partial charge < -0.3 is 10.6 Å². The van der Waals surface area contributed by atoms with E-state index in [4.69, 9.17) is 0 Å². The molecule has 0 atom stereocenters. The molecule has 27 heavy (non-hydrogen) atoms. The first-order valence-corrected chi connectivity index (χ1v) is 10.1. The molecule has 0 amide bonds. The van der Waals surface area contributed by atoms with Crippen molar-refractivity contribution in [1.29, 1.82) is 0 Å². The molecule has 2 aromatic rings. The van der Waals surface area contributed by atoms with Gasteiger partial charge in [-0.1, -0.05) is 42.5 Å². The molecule has 0 aromatic heterocycles. The summed E-state index contributed by atoms with van der Waals surface area (Å²) in [4.78, 5) is 4.51. The second-order valence-electron chi connectivity index (χ2n) is 6.30. The minimum atomic E-state index is -3.40. The van der Waals surface area contributed by atoms with E-state index in [0.717, 1.165) is 18.4 Å². The molecule has 2 aromatic carbocycles. The fourth-order valence-electron chi connectivity index (χ4n) is 2.46. The van der Waals surface area contributed by atoms with Crippen molar-refractivity contribution in [1.82, 2.24) is 15.4 Å². The lowest BCUT2D eigenvalue weighted by Crippen LogP contribution is -2.36. The number of rotatable bonds is 7. The Morgan fingerprint density at radius 1 is 0.963 bits per heavy atom. The van der Waals surface area contributed by atoms with E-state index >= 15 is 0 Å². The lowest BCUT2D eigenvalue weighted by Gasteiger charge is -2.12. The highest BCUT2D eigenvalue weighted by Crippen LogP contribution is 2.22. The molecule has 3 rings (SSSR count). The maximum Gasteiger partial charge on any atom is 0.240 e. The Balaban J connectivity index is 0.00000261. The lowest BCUT2D eigenvalue weighted by molar-refractivity contribution is 0.581. The number of halogens is 1. The molecule has 0 aliphatic heterocycles. The highest BCUT2D eigenvalue weighted by Gasteiger charge is 2.27. The summed E-state index contributed by atoms with van der Waals surface area (Å²) < 4.78 is 27.0. The Bertz CT molecular complexity index is 851. The van der Waals surface area contributed by atoms with E-state index in [1.165, 1.54) is 5.56 Å². The number of hydrogen-bond donors (Lipinski definition) is 3. The van der Waals surface area contributed by atoms with E-state index in [1.54, 1.807) is 19.2 Å². The van der Waals surface area contributed by atoms with Crippen LogP contribution in [0.2, 0.25) is 0 Å². The third-order valence-corrected chi connectivity index (χ3v) is 5.66. The van der Waals surface area contributed by atoms with Gasteiger partial charge in [-0.3, -0.25) is 4.99 Å². The molecule has 146 valence electrons. The van der Waals surface area contributed by atoms with E-state index < -0.39 is 10.0 Å². The summed E-state index contributed by atoms with van der Waals surface area (Å²) in [6, 6.07) is 17.1. The zero-order valence-electron chi connectivity index (χ0n) is 15.2. The van der Waals surface area contributed by atoms with Gasteiger partial charge in [-0.15, -0.1) is 24.0 Å². The molecule has 0 radical (unpaired) electrons. The van der Waals surface area contributed by atoms with Crippen molar-refractivity contribution in [2.45, 2.75) is 36.9 Å². The van der Waals surface area contributed by atoms with Crippen LogP contribution in [0.4, 0.5) is 0 Å². The van der Waals surface area contributed by atoms with Crippen LogP contribution in [-0.2, 0) is 23.1 Å². The molecule has 0 bridgehead atoms. The normalized spacial score (nSPS) is 14.3. The Hall–Kier alpha value is -1.65. The average molecular weight is 500 g/mol. The van der Waals surface area contributed by atoms with Crippen molar-refractivity contribution in [2.24, 2.45) is 4.99 Å². The summed E-state index contributed by atoms with van der Waals surface area (Å²) >= 11 is 0. The fraction of sp³-hybridized carbons (Fsp3) is 0.316. The molecule has 3 N–H and O–H groups in total. The monoisotopic (exact) mass is 500 g/mol. The highest BCUT2D eigenvalue weighted by molar-refractivity contribution is 14.0. The summed E-state index contributed by atoms with van der Waals surface area (Å²) in [5.74, 6) is 0.695. The molecular formula is C19H25IN4O2S. The standard InChI is InChI=1S/C19H24N4O2S.HI/c1-20-19(21-13-15-5-3-2-4-6-15)22-14-16-7-11-18(12-8-16)26(24,25)23-17-9-10-17;/h2-8,11-12,17,23H,9-10,13-14H2,1H3,(H2,20,21,22);1H. The maximum atomic E-state index is 12.2. The van der Waals surface area contributed by atoms with Crippen LogP contribution >= 0.6 is 24.0 Å². The van der Waals surface area contributed by atoms with Gasteiger partial charge in [-0.05, 0) is 36.1 Å². The number of nitrogens with one attached hydrogen (secondary N) is 3. The van der Waals surface area contributed by atoms with Crippen LogP contribution in [0.25, 0.3) is 0 Å². The number of sulfonamides is 1. The van der Waals surface area contributed by atoms with Crippen molar-refractivity contribution in [3.63, 3.8) is 0 Å². The predicted octanol–water partition coefficient (Wildman–Crippen LogP) is 2.61. The first-order valence-electron chi connectivity index (χ1n) is 8.66. The number of hydrogen-bond acceptors (Lipinski definition) is 3. The van der Waals surface area contributed by atoms with Gasteiger partial charge in [0, 0.05) is 26.2 Å². The van der Waals surface area contributed by atoms with E-state index in [1.807, 2.05) is 30.3 Å². The van der Waals surface area contributed by atoms with E-state index in [0.29, 0.717) is 23.9 Å². The molecule has 0 saturated heterocycles. The molecule has 6 nitrogen and oxygen atoms in total. The predicted molar refractivity (Wildman–Crippen MR) is 119 cm³/mol. The van der Waals surface area contributed by atoms with Gasteiger partial charge in [-0.25, -0.2) is 13.1 Å². The number of guanidine groups is 1. The Labute approximate surface area is 177 Å². The summed E-state index contributed by atoms with van der Waals surface area (Å²) in [7, 11) is -1.67. The molecule has 8 heteroatoms. The number of benzene rings is 2. The SMILES string of the molecule is CN=C(NCc1ccccc1)NCc1ccc(S(=O)(=O)NC2CC2)cc1.I. The van der Waals surface area contributed by atoms with Crippen molar-refractivity contribution < 1.29 is 8.42 Å². The quantitative estimate of drug-likeness (QED) is 0.310. The third kappa shape index (κ3) is 6.78. The second-order valence-corrected chi connectivity index (χ2v) is 8.02. The average Bonchev–Trinajstić information content (AvgIpc) is 3.46. The van der Waals surface area contributed by atoms with Crippen molar-refractivity contribution >= 4 is 40.0 Å². The topological polar surface area (TPSA) is 82.6 Å². The molecule has 0 unspecified atom stereocenters. The van der Waals surface area contributed by atoms with E-state index in [9.17, 15) is 8.42 Å². The zero-order valence-corrected chi connectivity index (χ0v) is 18.3. The van der Waals surface area contributed by atoms with Crippen LogP contribution in [0.1, 0.15) is 24.0 Å². The first kappa shape index (κ1) is 21.6. The minimum Gasteiger partial charge on any atom is -0.352 e. The molecular weight excluding hydrogens is 475 g/mol. The summed E-state index contributed by atoms with van der Waals surface area (Å²) in [6.45, 7) is 1.25. The number of nitrogens with zero attached hydrogens (tertiary/aromatic N) is 1. The van der Waals surface area contributed by atoms with Gasteiger partial charge in [0.25, 0.3) is 0 Å². The van der Waals surface area contributed by atoms with Gasteiger partial charge in [0.05, 0.1) is 4.90 Å². The fourth-order valence-corrected chi connectivity index (χ4v) is 3.77. The van der Waals surface area contributed by atoms with Crippen LogP contribution in [0, 0.1) is 0 Å². The van der Waals surface area contributed by atoms with Crippen molar-refractivity contribution in [3.05, 3.63) is 65.7 Å². The second kappa shape index (κ2) is 10.0. The molecule has 1 saturated carbocycles. The highest BCUT2D eigenvalue weighted by atomic mass is 127. The third-order valence-electron chi connectivity index (χ3n) is 4.12. The van der Waals surface area contributed by atoms with E-state index in [2.05, 4.69) is 32.5 Å². The summed E-state index contributed by atoms with van der Waals surface area (Å²) in [5, 5.41) is 6.48.